The number of nitrogens with zero attached hydrogens (tertiary/aromatic N) is 5. The highest BCUT2D eigenvalue weighted by molar-refractivity contribution is 6.07. The molecule has 2 N–H and O–H groups in total. The van der Waals surface area contributed by atoms with Gasteiger partial charge in [-0.05, 0) is 25.3 Å². The molecule has 1 amide bonds. The third-order valence-electron chi connectivity index (χ3n) is 5.88. The first-order valence-electron chi connectivity index (χ1n) is 9.49. The van der Waals surface area contributed by atoms with Crippen molar-refractivity contribution in [2.24, 2.45) is 16.6 Å². The number of pyridine rings is 1. The maximum absolute atomic E-state index is 13.3. The smallest absolute Gasteiger partial charge is 0.261 e. The van der Waals surface area contributed by atoms with Crippen LogP contribution in [0.15, 0.2) is 36.0 Å². The summed E-state index contributed by atoms with van der Waals surface area (Å²) in [5.41, 5.74) is 6.63. The van der Waals surface area contributed by atoms with E-state index >= 15 is 0 Å². The number of likely N-dealkylation sites (N-methyl/N-ethyl adjacent to an activating group) is 1. The maximum Gasteiger partial charge on any atom is 0.261 e. The van der Waals surface area contributed by atoms with Gasteiger partial charge in [0.1, 0.15) is 17.7 Å². The van der Waals surface area contributed by atoms with Crippen LogP contribution in [0.1, 0.15) is 38.2 Å². The van der Waals surface area contributed by atoms with Crippen molar-refractivity contribution in [2.75, 3.05) is 7.05 Å². The standard InChI is InChI=1S/C20H22N6O2/c1-19(6-12-3-4-12)10-20(17(27)26(2)18(21)25-20)14-5-15(24-9-16(14)28-19)13-7-22-11-23-8-13/h5,7-9,11-12H,3-4,6,10H2,1-2H3,(H2,21,25). The van der Waals surface area contributed by atoms with Crippen molar-refractivity contribution >= 4 is 11.9 Å². The van der Waals surface area contributed by atoms with Crippen LogP contribution in [0.5, 0.6) is 5.75 Å². The zero-order chi connectivity index (χ0) is 19.5. The van der Waals surface area contributed by atoms with E-state index in [1.165, 1.54) is 24.1 Å². The topological polar surface area (TPSA) is 107 Å². The van der Waals surface area contributed by atoms with Crippen LogP contribution in [-0.4, -0.2) is 44.4 Å². The van der Waals surface area contributed by atoms with Crippen molar-refractivity contribution in [1.82, 2.24) is 19.9 Å². The molecule has 28 heavy (non-hydrogen) atoms. The predicted octanol–water partition coefficient (Wildman–Crippen LogP) is 1.86. The highest BCUT2D eigenvalue weighted by atomic mass is 16.5. The molecule has 144 valence electrons. The third kappa shape index (κ3) is 2.55. The lowest BCUT2D eigenvalue weighted by Gasteiger charge is -2.43. The molecule has 2 aromatic rings. The molecule has 3 aliphatic rings. The van der Waals surface area contributed by atoms with Gasteiger partial charge in [0.25, 0.3) is 5.91 Å². The van der Waals surface area contributed by atoms with E-state index in [1.807, 2.05) is 6.07 Å². The second kappa shape index (κ2) is 5.73. The Balaban J connectivity index is 1.66. The average Bonchev–Trinajstić information content (AvgIpc) is 3.46. The van der Waals surface area contributed by atoms with E-state index in [0.29, 0.717) is 29.3 Å². The summed E-state index contributed by atoms with van der Waals surface area (Å²) in [6.07, 6.45) is 10.3. The summed E-state index contributed by atoms with van der Waals surface area (Å²) in [7, 11) is 1.66. The fraction of sp³-hybridized carbons (Fsp3) is 0.450. The van der Waals surface area contributed by atoms with Crippen molar-refractivity contribution in [3.63, 3.8) is 0 Å². The summed E-state index contributed by atoms with van der Waals surface area (Å²) < 4.78 is 6.39. The number of nitrogens with two attached hydrogens (primary N) is 1. The summed E-state index contributed by atoms with van der Waals surface area (Å²) in [4.78, 5) is 32.1. The minimum atomic E-state index is -1.08. The Kier molecular flexibility index (Phi) is 3.50. The lowest BCUT2D eigenvalue weighted by Crippen LogP contribution is -2.50. The Morgan fingerprint density at radius 3 is 2.68 bits per heavy atom. The zero-order valence-corrected chi connectivity index (χ0v) is 15.9. The van der Waals surface area contributed by atoms with Crippen LogP contribution in [0.4, 0.5) is 0 Å². The molecule has 0 saturated heterocycles. The predicted molar refractivity (Wildman–Crippen MR) is 102 cm³/mol. The highest BCUT2D eigenvalue weighted by Gasteiger charge is 2.57. The molecule has 2 atom stereocenters. The number of hydrogen-bond donors (Lipinski definition) is 1. The summed E-state index contributed by atoms with van der Waals surface area (Å²) in [5, 5.41) is 0. The van der Waals surface area contributed by atoms with E-state index in [0.717, 1.165) is 12.0 Å². The van der Waals surface area contributed by atoms with Crippen LogP contribution in [-0.2, 0) is 10.3 Å². The Labute approximate surface area is 162 Å². The summed E-state index contributed by atoms with van der Waals surface area (Å²) >= 11 is 0. The molecule has 1 fully saturated rings. The maximum atomic E-state index is 13.3. The fourth-order valence-corrected chi connectivity index (χ4v) is 4.41. The number of carbonyl (C=O) groups excluding carboxylic acids is 1. The first-order chi connectivity index (χ1) is 13.4. The molecule has 0 radical (unpaired) electrons. The lowest BCUT2D eigenvalue weighted by molar-refractivity contribution is -0.134. The number of hydrogen-bond acceptors (Lipinski definition) is 7. The lowest BCUT2D eigenvalue weighted by atomic mass is 9.75. The first-order valence-corrected chi connectivity index (χ1v) is 9.49. The summed E-state index contributed by atoms with van der Waals surface area (Å²) in [6.45, 7) is 2.06. The fourth-order valence-electron chi connectivity index (χ4n) is 4.41. The molecule has 8 heteroatoms. The van der Waals surface area contributed by atoms with Crippen LogP contribution in [0, 0.1) is 5.92 Å². The van der Waals surface area contributed by atoms with Gasteiger partial charge in [0.15, 0.2) is 11.5 Å². The van der Waals surface area contributed by atoms with E-state index in [-0.39, 0.29) is 11.9 Å². The first kappa shape index (κ1) is 17.1. The number of aliphatic imine (C=N–C) groups is 1. The van der Waals surface area contributed by atoms with Crippen molar-refractivity contribution in [2.45, 2.75) is 43.7 Å². The summed E-state index contributed by atoms with van der Waals surface area (Å²) in [6, 6.07) is 1.86. The van der Waals surface area contributed by atoms with E-state index < -0.39 is 11.1 Å². The van der Waals surface area contributed by atoms with Gasteiger partial charge >= 0.3 is 0 Å². The van der Waals surface area contributed by atoms with Crippen LogP contribution in [0.2, 0.25) is 0 Å². The number of guanidine groups is 1. The van der Waals surface area contributed by atoms with E-state index in [4.69, 9.17) is 10.5 Å². The van der Waals surface area contributed by atoms with Crippen LogP contribution in [0.25, 0.3) is 11.3 Å². The molecule has 0 bridgehead atoms. The largest absolute Gasteiger partial charge is 0.485 e. The van der Waals surface area contributed by atoms with E-state index in [1.54, 1.807) is 25.6 Å². The molecule has 0 aromatic carbocycles. The van der Waals surface area contributed by atoms with Gasteiger partial charge in [-0.15, -0.1) is 0 Å². The van der Waals surface area contributed by atoms with Gasteiger partial charge in [-0.3, -0.25) is 14.7 Å². The van der Waals surface area contributed by atoms with Gasteiger partial charge in [0, 0.05) is 37.0 Å². The minimum Gasteiger partial charge on any atom is -0.485 e. The molecule has 2 aromatic heterocycles. The van der Waals surface area contributed by atoms with Crippen LogP contribution >= 0.6 is 0 Å². The van der Waals surface area contributed by atoms with Gasteiger partial charge in [0.2, 0.25) is 0 Å². The number of rotatable bonds is 3. The second-order valence-corrected chi connectivity index (χ2v) is 8.26. The summed E-state index contributed by atoms with van der Waals surface area (Å²) in [5.74, 6) is 1.34. The number of aromatic nitrogens is 3. The molecule has 4 heterocycles. The van der Waals surface area contributed by atoms with Crippen LogP contribution in [0.3, 0.4) is 0 Å². The van der Waals surface area contributed by atoms with E-state index in [2.05, 4.69) is 26.9 Å². The third-order valence-corrected chi connectivity index (χ3v) is 5.88. The number of ether oxygens (including phenoxy) is 1. The Morgan fingerprint density at radius 2 is 2.04 bits per heavy atom. The molecule has 2 unspecified atom stereocenters. The molecule has 2 aliphatic heterocycles. The molecular formula is C20H22N6O2. The van der Waals surface area contributed by atoms with Crippen molar-refractivity contribution < 1.29 is 9.53 Å². The quantitative estimate of drug-likeness (QED) is 0.874. The molecular weight excluding hydrogens is 356 g/mol. The van der Waals surface area contributed by atoms with Crippen LogP contribution < -0.4 is 10.5 Å². The van der Waals surface area contributed by atoms with Gasteiger partial charge in [-0.2, -0.15) is 0 Å². The van der Waals surface area contributed by atoms with Gasteiger partial charge in [-0.25, -0.2) is 15.0 Å². The number of amides is 1. The molecule has 5 rings (SSSR count). The Morgan fingerprint density at radius 1 is 1.29 bits per heavy atom. The van der Waals surface area contributed by atoms with Crippen molar-refractivity contribution in [3.05, 3.63) is 36.5 Å². The molecule has 1 saturated carbocycles. The number of carbonyl (C=O) groups is 1. The van der Waals surface area contributed by atoms with Gasteiger partial charge < -0.3 is 10.5 Å². The number of fused-ring (bicyclic) bond motifs is 2. The minimum absolute atomic E-state index is 0.127. The molecule has 1 spiro atoms. The average molecular weight is 378 g/mol. The van der Waals surface area contributed by atoms with Crippen molar-refractivity contribution in [1.29, 1.82) is 0 Å². The Hall–Kier alpha value is -3.03. The monoisotopic (exact) mass is 378 g/mol. The van der Waals surface area contributed by atoms with Gasteiger partial charge in [0.05, 0.1) is 11.9 Å². The van der Waals surface area contributed by atoms with Crippen molar-refractivity contribution in [3.8, 4) is 17.0 Å². The molecule has 1 aliphatic carbocycles. The SMILES string of the molecule is CN1C(=O)C2(CC(C)(CC3CC3)Oc3cnc(-c4cncnc4)cc32)N=C1N. The molecule has 8 nitrogen and oxygen atoms in total. The normalized spacial score (nSPS) is 28.9. The second-order valence-electron chi connectivity index (χ2n) is 8.26. The van der Waals surface area contributed by atoms with E-state index in [9.17, 15) is 4.79 Å². The van der Waals surface area contributed by atoms with Gasteiger partial charge in [-0.1, -0.05) is 12.8 Å². The highest BCUT2D eigenvalue weighted by Crippen LogP contribution is 2.52. The Bertz CT molecular complexity index is 989. The zero-order valence-electron chi connectivity index (χ0n) is 15.9.